The lowest BCUT2D eigenvalue weighted by Crippen LogP contribution is -2.40. The van der Waals surface area contributed by atoms with Crippen LogP contribution in [0.4, 0.5) is 0 Å². The van der Waals surface area contributed by atoms with Crippen molar-refractivity contribution in [1.29, 1.82) is 0 Å². The molecule has 0 fully saturated rings. The normalized spacial score (nSPS) is 14.4. The van der Waals surface area contributed by atoms with E-state index < -0.39 is 52.8 Å². The Morgan fingerprint density at radius 2 is 0.404 bits per heavy atom. The zero-order valence-corrected chi connectivity index (χ0v) is 63.5. The highest BCUT2D eigenvalue weighted by atomic mass is 28.5. The lowest BCUT2D eigenvalue weighted by atomic mass is 11.9. The molecule has 0 aromatic heterocycles. The monoisotopic (exact) mass is 1030 g/mol. The molecule has 47 heavy (non-hydrogen) atoms. The van der Waals surface area contributed by atoms with Gasteiger partial charge in [0.15, 0.2) is 0 Å². The van der Waals surface area contributed by atoms with Gasteiger partial charge in [0.25, 0.3) is 0 Å². The zero-order valence-electron chi connectivity index (χ0n) is 31.5. The Bertz CT molecular complexity index is 462. The molecule has 0 aliphatic rings. The van der Waals surface area contributed by atoms with Crippen LogP contribution in [-0.2, 0) is 37.0 Å². The van der Waals surface area contributed by atoms with Gasteiger partial charge in [0.05, 0.1) is 0 Å². The molecule has 0 spiro atoms. The third kappa shape index (κ3) is 120. The predicted molar refractivity (Wildman–Crippen MR) is 238 cm³/mol. The van der Waals surface area contributed by atoms with Crippen molar-refractivity contribution < 1.29 is 99.4 Å². The van der Waals surface area contributed by atoms with E-state index in [0.717, 1.165) is 38.0 Å². The highest BCUT2D eigenvalue weighted by Crippen LogP contribution is 2.01. The van der Waals surface area contributed by atoms with Gasteiger partial charge in [0.2, 0.25) is 0 Å². The van der Waals surface area contributed by atoms with Crippen LogP contribution in [0.25, 0.3) is 0 Å². The van der Waals surface area contributed by atoms with Crippen LogP contribution >= 0.6 is 0 Å². The summed E-state index contributed by atoms with van der Waals surface area (Å²) in [4.78, 5) is 103. The van der Waals surface area contributed by atoms with Crippen LogP contribution in [-0.4, -0.2) is 251 Å². The van der Waals surface area contributed by atoms with Crippen molar-refractivity contribution in [2.45, 2.75) is 39.3 Å². The molecule has 0 atom stereocenters. The third-order valence-corrected chi connectivity index (χ3v) is 30.6. The van der Waals surface area contributed by atoms with E-state index in [1.165, 1.54) is 13.1 Å². The fourth-order valence-electron chi connectivity index (χ4n) is 0.417. The number of rotatable bonds is 9. The summed E-state index contributed by atoms with van der Waals surface area (Å²) in [5, 5.41) is 0. The summed E-state index contributed by atoms with van der Waals surface area (Å²) in [5.41, 5.74) is 0. The summed E-state index contributed by atoms with van der Waals surface area (Å²) < 4.78 is 43.0. The summed E-state index contributed by atoms with van der Waals surface area (Å²) >= 11 is 0. The molecule has 0 saturated heterocycles. The topological polar surface area (TPSA) is 346 Å². The van der Waals surface area contributed by atoms with Crippen LogP contribution in [0, 0.1) is 0 Å². The summed E-state index contributed by atoms with van der Waals surface area (Å²) in [7, 11) is -10.3. The van der Waals surface area contributed by atoms with Crippen molar-refractivity contribution in [3.05, 3.63) is 0 Å². The molecule has 0 heterocycles. The molecular formula is C6H70O22Si19. The SMILES string of the molecule is C[Si](O)(O)O.C[Si](O)(O)O[SiH3].C[Si](O)(O)O[SiH3].C[Si](O)(O[SiH3])O[SiH3].C[Si](O)(O[SiH3])O[SiH3].C[Si](O[SiH3])(O[SiH3])O[SiH3].O[SiH3].O[SiH3].O[SiH3].O[SiH3]. The van der Waals surface area contributed by atoms with Crippen LogP contribution in [0.2, 0.25) is 39.3 Å². The van der Waals surface area contributed by atoms with Crippen molar-refractivity contribution in [2.24, 2.45) is 0 Å². The Balaban J connectivity index is -0.0000000420. The Hall–Kier alpha value is 3.24. The van der Waals surface area contributed by atoms with Gasteiger partial charge in [-0.15, -0.1) is 0 Å². The average molecular weight is 1030 g/mol. The summed E-state index contributed by atoms with van der Waals surface area (Å²) in [6.07, 6.45) is 0. The molecule has 0 bridgehead atoms. The maximum absolute atomic E-state index is 8.90. The van der Waals surface area contributed by atoms with Gasteiger partial charge in [0, 0.05) is 39.3 Å². The molecule has 302 valence electrons. The molecule has 22 nitrogen and oxygen atoms in total. The van der Waals surface area contributed by atoms with E-state index in [1.54, 1.807) is 13.1 Å². The van der Waals surface area contributed by atoms with E-state index in [1.807, 2.05) is 6.55 Å². The zero-order chi connectivity index (χ0) is 41.4. The molecule has 0 saturated carbocycles. The van der Waals surface area contributed by atoms with Crippen LogP contribution in [0.1, 0.15) is 0 Å². The Morgan fingerprint density at radius 1 is 0.298 bits per heavy atom. The van der Waals surface area contributed by atoms with Crippen molar-refractivity contribution in [3.63, 3.8) is 0 Å². The molecule has 0 amide bonds. The third-order valence-electron chi connectivity index (χ3n) is 3.40. The molecular weight excluding hydrogens is 958 g/mol. The molecule has 0 unspecified atom stereocenters. The largest absolute Gasteiger partial charge is 0.489 e. The smallest absolute Gasteiger partial charge is 0.442 e. The van der Waals surface area contributed by atoms with Gasteiger partial charge in [-0.05, 0) is 0 Å². The Morgan fingerprint density at radius 3 is 0.404 bits per heavy atom. The van der Waals surface area contributed by atoms with Crippen molar-refractivity contribution in [3.8, 4) is 0 Å². The average Bonchev–Trinajstić information content (AvgIpc) is 3.04. The quantitative estimate of drug-likeness (QED) is 0.0954. The van der Waals surface area contributed by atoms with Gasteiger partial charge in [-0.3, -0.25) is 0 Å². The van der Waals surface area contributed by atoms with Crippen molar-refractivity contribution in [1.82, 2.24) is 0 Å². The summed E-state index contributed by atoms with van der Waals surface area (Å²) in [5.74, 6) is 0. The van der Waals surface area contributed by atoms with Crippen molar-refractivity contribution >= 4 is 189 Å². The van der Waals surface area contributed by atoms with Crippen LogP contribution in [0.3, 0.4) is 0 Å². The Kier molecular flexibility index (Phi) is 78.8. The second-order valence-electron chi connectivity index (χ2n) is 7.33. The maximum Gasteiger partial charge on any atom is 0.489 e. The van der Waals surface area contributed by atoms with Gasteiger partial charge < -0.3 is 99.4 Å². The van der Waals surface area contributed by atoms with Crippen LogP contribution in [0.15, 0.2) is 0 Å². The molecule has 0 radical (unpaired) electrons. The van der Waals surface area contributed by atoms with Gasteiger partial charge in [-0.25, -0.2) is 0 Å². The summed E-state index contributed by atoms with van der Waals surface area (Å²) in [6.45, 7) is 8.77. The minimum absolute atomic E-state index is 0.306. The fraction of sp³-hybridized carbons (Fsp3) is 1.00. The Labute approximate surface area is 325 Å². The minimum atomic E-state index is -3.61. The number of hydrogen-bond acceptors (Lipinski definition) is 22. The first kappa shape index (κ1) is 75.2. The van der Waals surface area contributed by atoms with E-state index in [-0.39, 0.29) is 0 Å². The van der Waals surface area contributed by atoms with Gasteiger partial charge >= 0.3 is 52.8 Å². The van der Waals surface area contributed by atoms with Gasteiger partial charge in [-0.1, -0.05) is 0 Å². The lowest BCUT2D eigenvalue weighted by Gasteiger charge is -2.20. The molecule has 0 aliphatic carbocycles. The second-order valence-corrected chi connectivity index (χ2v) is 33.0. The minimum Gasteiger partial charge on any atom is -0.442 e. The number of hydrogen-bond donors (Lipinski definition) is 13. The van der Waals surface area contributed by atoms with Crippen molar-refractivity contribution in [2.75, 3.05) is 0 Å². The molecule has 0 aromatic rings. The maximum atomic E-state index is 8.90. The van der Waals surface area contributed by atoms with Crippen LogP contribution < -0.4 is 0 Å². The lowest BCUT2D eigenvalue weighted by molar-refractivity contribution is 0.238. The van der Waals surface area contributed by atoms with E-state index in [4.69, 9.17) is 91.1 Å². The summed E-state index contributed by atoms with van der Waals surface area (Å²) in [6, 6.07) is 0. The van der Waals surface area contributed by atoms with E-state index in [2.05, 4.69) is 8.23 Å². The first-order chi connectivity index (χ1) is 21.0. The van der Waals surface area contributed by atoms with Crippen LogP contribution in [0.5, 0.6) is 0 Å². The molecule has 0 aromatic carbocycles. The highest BCUT2D eigenvalue weighted by Gasteiger charge is 2.27. The van der Waals surface area contributed by atoms with E-state index in [9.17, 15) is 0 Å². The standard InChI is InChI=1S/CH12O3Si4.2CH10O3Si3.2CH8O3Si2.CH6O3Si.4H4OSi/c1-8(2-5,3-6)4-7;2*1-7(2,3-5)4-6;2*1-6(2,3)4-5;1-5(2,3)4;4*1-2/h1,5-7H3;2*2H,1,5-6H3;2*2-3H,1,5H3;2-4H,1H3;4*1H,2H3. The van der Waals surface area contributed by atoms with E-state index in [0.29, 0.717) is 105 Å². The van der Waals surface area contributed by atoms with Gasteiger partial charge in [0.1, 0.15) is 136 Å². The fourth-order valence-corrected chi connectivity index (χ4v) is 11.3. The molecule has 41 heteroatoms. The first-order valence-corrected chi connectivity index (χ1v) is 36.9. The second kappa shape index (κ2) is 49.2. The highest BCUT2D eigenvalue weighted by molar-refractivity contribution is 6.68. The molecule has 0 aliphatic heterocycles. The molecule has 13 N–H and O–H groups in total. The molecule has 0 rings (SSSR count). The van der Waals surface area contributed by atoms with E-state index >= 15 is 0 Å². The first-order valence-electron chi connectivity index (χ1n) is 12.3. The van der Waals surface area contributed by atoms with Gasteiger partial charge in [-0.2, -0.15) is 0 Å². The predicted octanol–water partition coefficient (Wildman–Crippen LogP) is -22.0.